The van der Waals surface area contributed by atoms with Crippen molar-refractivity contribution in [1.82, 2.24) is 16.0 Å². The SMILES string of the molecule is CSCCC(NC(=O)C(CC(N)=O)NC(=O)C(N)Cc1ccccc1)C(=O)NC(CCC(=O)O)C(=O)O. The first kappa shape index (κ1) is 31.4. The molecule has 0 aliphatic rings. The van der Waals surface area contributed by atoms with Crippen LogP contribution in [0.2, 0.25) is 0 Å². The molecule has 4 atom stereocenters. The number of primary amides is 1. The molecule has 0 saturated carbocycles. The number of rotatable bonds is 17. The Labute approximate surface area is 218 Å². The Morgan fingerprint density at radius 2 is 1.43 bits per heavy atom. The quantitative estimate of drug-likeness (QED) is 0.122. The minimum atomic E-state index is -1.49. The monoisotopic (exact) mass is 539 g/mol. The summed E-state index contributed by atoms with van der Waals surface area (Å²) in [5.74, 6) is -5.61. The van der Waals surface area contributed by atoms with Crippen molar-refractivity contribution in [2.24, 2.45) is 11.5 Å². The molecule has 13 nitrogen and oxygen atoms in total. The molecule has 0 heterocycles. The number of carboxylic acid groups (broad SMARTS) is 2. The summed E-state index contributed by atoms with van der Waals surface area (Å²) in [6, 6.07) is 3.72. The van der Waals surface area contributed by atoms with Gasteiger partial charge >= 0.3 is 11.9 Å². The van der Waals surface area contributed by atoms with Gasteiger partial charge in [-0.2, -0.15) is 11.8 Å². The van der Waals surface area contributed by atoms with Crippen molar-refractivity contribution >= 4 is 47.3 Å². The molecule has 37 heavy (non-hydrogen) atoms. The molecule has 14 heteroatoms. The number of carbonyl (C=O) groups excluding carboxylic acids is 4. The van der Waals surface area contributed by atoms with Gasteiger partial charge in [0.15, 0.2) is 0 Å². The number of carbonyl (C=O) groups is 6. The molecule has 9 N–H and O–H groups in total. The predicted octanol–water partition coefficient (Wildman–Crippen LogP) is -1.41. The Morgan fingerprint density at radius 1 is 0.865 bits per heavy atom. The number of benzene rings is 1. The highest BCUT2D eigenvalue weighted by molar-refractivity contribution is 7.98. The second-order valence-corrected chi connectivity index (χ2v) is 9.19. The molecule has 1 aromatic rings. The van der Waals surface area contributed by atoms with E-state index < -0.39 is 72.6 Å². The molecule has 1 rings (SSSR count). The van der Waals surface area contributed by atoms with E-state index in [0.717, 1.165) is 5.56 Å². The van der Waals surface area contributed by atoms with Crippen molar-refractivity contribution in [3.63, 3.8) is 0 Å². The van der Waals surface area contributed by atoms with E-state index in [4.69, 9.17) is 16.6 Å². The van der Waals surface area contributed by atoms with Crippen molar-refractivity contribution in [2.75, 3.05) is 12.0 Å². The maximum atomic E-state index is 13.0. The summed E-state index contributed by atoms with van der Waals surface area (Å²) in [6.45, 7) is 0. The van der Waals surface area contributed by atoms with Crippen molar-refractivity contribution in [1.29, 1.82) is 0 Å². The fourth-order valence-electron chi connectivity index (χ4n) is 3.22. The molecule has 0 saturated heterocycles. The van der Waals surface area contributed by atoms with E-state index >= 15 is 0 Å². The third kappa shape index (κ3) is 12.2. The van der Waals surface area contributed by atoms with E-state index in [0.29, 0.717) is 5.75 Å². The average molecular weight is 540 g/mol. The zero-order chi connectivity index (χ0) is 28.0. The standard InChI is InChI=1S/C23H33N5O8S/c1-37-10-9-15(21(33)27-16(23(35)36)7-8-19(30)31)26-22(34)17(12-18(25)29)28-20(32)14(24)11-13-5-3-2-4-6-13/h2-6,14-17H,7-12,24H2,1H3,(H2,25,29)(H,26,34)(H,27,33)(H,28,32)(H,30,31)(H,35,36). The van der Waals surface area contributed by atoms with E-state index in [9.17, 15) is 33.9 Å². The van der Waals surface area contributed by atoms with Gasteiger partial charge in [0.2, 0.25) is 23.6 Å². The van der Waals surface area contributed by atoms with Gasteiger partial charge < -0.3 is 37.6 Å². The van der Waals surface area contributed by atoms with Crippen LogP contribution in [0.1, 0.15) is 31.2 Å². The second kappa shape index (κ2) is 16.2. The number of aliphatic carboxylic acids is 2. The first-order chi connectivity index (χ1) is 17.4. The topological polar surface area (TPSA) is 231 Å². The van der Waals surface area contributed by atoms with Crippen LogP contribution < -0.4 is 27.4 Å². The largest absolute Gasteiger partial charge is 0.481 e. The molecule has 0 aliphatic heterocycles. The maximum absolute atomic E-state index is 13.0. The van der Waals surface area contributed by atoms with Crippen LogP contribution in [0.3, 0.4) is 0 Å². The summed E-state index contributed by atoms with van der Waals surface area (Å²) in [7, 11) is 0. The van der Waals surface area contributed by atoms with Gasteiger partial charge in [-0.25, -0.2) is 4.79 Å². The second-order valence-electron chi connectivity index (χ2n) is 8.20. The fourth-order valence-corrected chi connectivity index (χ4v) is 3.70. The summed E-state index contributed by atoms with van der Waals surface area (Å²) in [6.07, 6.45) is 0.600. The molecule has 0 spiro atoms. The van der Waals surface area contributed by atoms with Crippen LogP contribution in [0.5, 0.6) is 0 Å². The molecule has 0 aliphatic carbocycles. The van der Waals surface area contributed by atoms with Gasteiger partial charge in [-0.05, 0) is 36.8 Å². The van der Waals surface area contributed by atoms with E-state index in [1.165, 1.54) is 11.8 Å². The fraction of sp³-hybridized carbons (Fsp3) is 0.478. The Hall–Kier alpha value is -3.65. The van der Waals surface area contributed by atoms with Crippen molar-refractivity contribution in [3.8, 4) is 0 Å². The molecule has 204 valence electrons. The van der Waals surface area contributed by atoms with E-state index in [1.807, 2.05) is 0 Å². The molecule has 1 aromatic carbocycles. The Morgan fingerprint density at radius 3 is 1.97 bits per heavy atom. The number of hydrogen-bond donors (Lipinski definition) is 7. The Balaban J connectivity index is 2.94. The van der Waals surface area contributed by atoms with Gasteiger partial charge in [0.25, 0.3) is 0 Å². The lowest BCUT2D eigenvalue weighted by Crippen LogP contribution is -2.58. The van der Waals surface area contributed by atoms with E-state index in [-0.39, 0.29) is 19.3 Å². The predicted molar refractivity (Wildman–Crippen MR) is 135 cm³/mol. The van der Waals surface area contributed by atoms with Gasteiger partial charge in [-0.1, -0.05) is 30.3 Å². The summed E-state index contributed by atoms with van der Waals surface area (Å²) < 4.78 is 0. The van der Waals surface area contributed by atoms with Crippen LogP contribution in [0.15, 0.2) is 30.3 Å². The van der Waals surface area contributed by atoms with Gasteiger partial charge in [0.1, 0.15) is 18.1 Å². The minimum Gasteiger partial charge on any atom is -0.481 e. The molecule has 0 radical (unpaired) electrons. The van der Waals surface area contributed by atoms with Gasteiger partial charge in [-0.15, -0.1) is 0 Å². The molecular formula is C23H33N5O8S. The highest BCUT2D eigenvalue weighted by Gasteiger charge is 2.31. The van der Waals surface area contributed by atoms with Crippen LogP contribution in [-0.4, -0.2) is 82.0 Å². The van der Waals surface area contributed by atoms with Crippen LogP contribution in [0.4, 0.5) is 0 Å². The highest BCUT2D eigenvalue weighted by atomic mass is 32.2. The Bertz CT molecular complexity index is 962. The van der Waals surface area contributed by atoms with Gasteiger partial charge in [0, 0.05) is 6.42 Å². The number of thioether (sulfide) groups is 1. The molecule has 0 bridgehead atoms. The van der Waals surface area contributed by atoms with Crippen molar-refractivity contribution in [3.05, 3.63) is 35.9 Å². The van der Waals surface area contributed by atoms with E-state index in [1.54, 1.807) is 36.6 Å². The first-order valence-corrected chi connectivity index (χ1v) is 12.8. The zero-order valence-corrected chi connectivity index (χ0v) is 21.2. The highest BCUT2D eigenvalue weighted by Crippen LogP contribution is 2.07. The number of amides is 4. The number of hydrogen-bond acceptors (Lipinski definition) is 8. The lowest BCUT2D eigenvalue weighted by atomic mass is 10.0. The van der Waals surface area contributed by atoms with Crippen LogP contribution in [0.25, 0.3) is 0 Å². The van der Waals surface area contributed by atoms with Gasteiger partial charge in [0.05, 0.1) is 12.5 Å². The van der Waals surface area contributed by atoms with Crippen LogP contribution in [-0.2, 0) is 35.2 Å². The smallest absolute Gasteiger partial charge is 0.326 e. The summed E-state index contributed by atoms with van der Waals surface area (Å²) in [5.41, 5.74) is 12.0. The lowest BCUT2D eigenvalue weighted by molar-refractivity contribution is -0.143. The third-order valence-corrected chi connectivity index (χ3v) is 5.82. The lowest BCUT2D eigenvalue weighted by Gasteiger charge is -2.24. The molecular weight excluding hydrogens is 506 g/mol. The Kier molecular flexibility index (Phi) is 13.7. The van der Waals surface area contributed by atoms with Crippen LogP contribution >= 0.6 is 11.8 Å². The number of nitrogens with two attached hydrogens (primary N) is 2. The van der Waals surface area contributed by atoms with Gasteiger partial charge in [-0.3, -0.25) is 24.0 Å². The molecule has 0 aromatic heterocycles. The van der Waals surface area contributed by atoms with Crippen LogP contribution in [0, 0.1) is 0 Å². The number of nitrogens with one attached hydrogen (secondary N) is 3. The average Bonchev–Trinajstić information content (AvgIpc) is 2.83. The molecule has 0 fully saturated rings. The summed E-state index contributed by atoms with van der Waals surface area (Å²) in [5, 5.41) is 25.1. The third-order valence-electron chi connectivity index (χ3n) is 5.18. The normalized spacial score (nSPS) is 13.9. The summed E-state index contributed by atoms with van der Waals surface area (Å²) in [4.78, 5) is 72.1. The summed E-state index contributed by atoms with van der Waals surface area (Å²) >= 11 is 1.36. The van der Waals surface area contributed by atoms with Crippen molar-refractivity contribution in [2.45, 2.75) is 56.3 Å². The molecule has 4 amide bonds. The van der Waals surface area contributed by atoms with E-state index in [2.05, 4.69) is 16.0 Å². The van der Waals surface area contributed by atoms with Crippen molar-refractivity contribution < 1.29 is 39.0 Å². The maximum Gasteiger partial charge on any atom is 0.326 e. The molecule has 4 unspecified atom stereocenters. The zero-order valence-electron chi connectivity index (χ0n) is 20.3. The minimum absolute atomic E-state index is 0.0920. The first-order valence-electron chi connectivity index (χ1n) is 11.4. The number of carboxylic acids is 2.